The summed E-state index contributed by atoms with van der Waals surface area (Å²) in [5.41, 5.74) is 1.15. The van der Waals surface area contributed by atoms with Crippen LogP contribution in [0.25, 0.3) is 0 Å². The molecule has 0 bridgehead atoms. The second kappa shape index (κ2) is 6.55. The van der Waals surface area contributed by atoms with Gasteiger partial charge in [0, 0.05) is 0 Å². The predicted octanol–water partition coefficient (Wildman–Crippen LogP) is 2.94. The minimum atomic E-state index is -0.104. The van der Waals surface area contributed by atoms with Crippen LogP contribution in [0.5, 0.6) is 0 Å². The van der Waals surface area contributed by atoms with Crippen molar-refractivity contribution >= 4 is 5.97 Å². The van der Waals surface area contributed by atoms with Gasteiger partial charge in [-0.3, -0.25) is 4.79 Å². The number of esters is 1. The monoisotopic (exact) mass is 248 g/mol. The lowest BCUT2D eigenvalue weighted by Crippen LogP contribution is -2.27. The van der Waals surface area contributed by atoms with Crippen LogP contribution in [0.1, 0.15) is 31.7 Å². The molecular weight excluding hydrogens is 228 g/mol. The molecule has 3 heteroatoms. The largest absolute Gasteiger partial charge is 0.466 e. The summed E-state index contributed by atoms with van der Waals surface area (Å²) in [5.74, 6) is -0.179. The van der Waals surface area contributed by atoms with Crippen LogP contribution in [0.15, 0.2) is 30.3 Å². The Kier molecular flexibility index (Phi) is 4.76. The fourth-order valence-corrected chi connectivity index (χ4v) is 2.42. The average Bonchev–Trinajstić information content (AvgIpc) is 2.86. The minimum Gasteiger partial charge on any atom is -0.466 e. The molecule has 0 heterocycles. The van der Waals surface area contributed by atoms with Gasteiger partial charge in [0.1, 0.15) is 0 Å². The highest BCUT2D eigenvalue weighted by molar-refractivity contribution is 5.73. The van der Waals surface area contributed by atoms with Crippen LogP contribution in [0.2, 0.25) is 0 Å². The highest BCUT2D eigenvalue weighted by atomic mass is 16.5. The van der Waals surface area contributed by atoms with E-state index in [0.717, 1.165) is 24.8 Å². The first-order valence-electron chi connectivity index (χ1n) is 6.63. The molecule has 2 unspecified atom stereocenters. The lowest BCUT2D eigenvalue weighted by Gasteiger charge is -2.18. The first-order chi connectivity index (χ1) is 8.81. The molecule has 0 aromatic heterocycles. The highest BCUT2D eigenvalue weighted by Gasteiger charge is 2.34. The van der Waals surface area contributed by atoms with Crippen molar-refractivity contribution in [1.82, 2.24) is 0 Å². The summed E-state index contributed by atoms with van der Waals surface area (Å²) >= 11 is 0. The Morgan fingerprint density at radius 2 is 2.06 bits per heavy atom. The molecule has 2 atom stereocenters. The fraction of sp³-hybridized carbons (Fsp3) is 0.533. The number of carbonyl (C=O) groups is 1. The molecule has 2 rings (SSSR count). The van der Waals surface area contributed by atoms with Gasteiger partial charge in [0.25, 0.3) is 0 Å². The molecule has 98 valence electrons. The van der Waals surface area contributed by atoms with E-state index in [1.54, 1.807) is 0 Å². The van der Waals surface area contributed by atoms with Crippen molar-refractivity contribution in [1.29, 1.82) is 0 Å². The Morgan fingerprint density at radius 3 is 2.78 bits per heavy atom. The van der Waals surface area contributed by atoms with Gasteiger partial charge in [-0.1, -0.05) is 30.3 Å². The van der Waals surface area contributed by atoms with Crippen molar-refractivity contribution < 1.29 is 14.3 Å². The molecule has 1 saturated carbocycles. The van der Waals surface area contributed by atoms with E-state index in [1.165, 1.54) is 0 Å². The van der Waals surface area contributed by atoms with E-state index in [0.29, 0.717) is 13.2 Å². The van der Waals surface area contributed by atoms with Crippen molar-refractivity contribution in [2.75, 3.05) is 6.61 Å². The summed E-state index contributed by atoms with van der Waals surface area (Å²) in [4.78, 5) is 11.8. The smallest absolute Gasteiger partial charge is 0.311 e. The van der Waals surface area contributed by atoms with Gasteiger partial charge in [0.05, 0.1) is 25.2 Å². The van der Waals surface area contributed by atoms with Crippen molar-refractivity contribution in [3.8, 4) is 0 Å². The summed E-state index contributed by atoms with van der Waals surface area (Å²) in [7, 11) is 0. The van der Waals surface area contributed by atoms with Gasteiger partial charge in [-0.25, -0.2) is 0 Å². The van der Waals surface area contributed by atoms with Crippen LogP contribution < -0.4 is 0 Å². The third kappa shape index (κ3) is 3.33. The van der Waals surface area contributed by atoms with E-state index < -0.39 is 0 Å². The van der Waals surface area contributed by atoms with E-state index in [9.17, 15) is 4.79 Å². The maximum absolute atomic E-state index is 11.8. The van der Waals surface area contributed by atoms with Gasteiger partial charge in [-0.2, -0.15) is 0 Å². The van der Waals surface area contributed by atoms with Gasteiger partial charge in [0.15, 0.2) is 0 Å². The molecular formula is C15H20O3. The van der Waals surface area contributed by atoms with Crippen LogP contribution in [0.3, 0.4) is 0 Å². The maximum atomic E-state index is 11.8. The van der Waals surface area contributed by atoms with E-state index in [1.807, 2.05) is 37.3 Å². The first kappa shape index (κ1) is 13.1. The summed E-state index contributed by atoms with van der Waals surface area (Å²) in [6.07, 6.45) is 2.90. The zero-order valence-corrected chi connectivity index (χ0v) is 10.8. The molecule has 0 amide bonds. The van der Waals surface area contributed by atoms with Gasteiger partial charge in [0.2, 0.25) is 0 Å². The zero-order chi connectivity index (χ0) is 12.8. The summed E-state index contributed by atoms with van der Waals surface area (Å²) in [6, 6.07) is 10.1. The number of carbonyl (C=O) groups excluding carboxylic acids is 1. The van der Waals surface area contributed by atoms with Crippen LogP contribution >= 0.6 is 0 Å². The van der Waals surface area contributed by atoms with Crippen molar-refractivity contribution in [2.45, 2.75) is 38.9 Å². The molecule has 0 N–H and O–H groups in total. The lowest BCUT2D eigenvalue weighted by atomic mass is 10.1. The van der Waals surface area contributed by atoms with Crippen LogP contribution in [0, 0.1) is 5.92 Å². The average molecular weight is 248 g/mol. The van der Waals surface area contributed by atoms with Crippen molar-refractivity contribution in [3.05, 3.63) is 35.9 Å². The number of hydrogen-bond donors (Lipinski definition) is 0. The number of benzene rings is 1. The molecule has 18 heavy (non-hydrogen) atoms. The van der Waals surface area contributed by atoms with E-state index in [4.69, 9.17) is 9.47 Å². The zero-order valence-electron chi connectivity index (χ0n) is 10.8. The van der Waals surface area contributed by atoms with Gasteiger partial charge < -0.3 is 9.47 Å². The SMILES string of the molecule is CCOC(=O)C1CCCC1OCc1ccccc1. The molecule has 1 aliphatic rings. The number of hydrogen-bond acceptors (Lipinski definition) is 3. The molecule has 1 fully saturated rings. The summed E-state index contributed by atoms with van der Waals surface area (Å²) < 4.78 is 11.0. The normalized spacial score (nSPS) is 22.9. The summed E-state index contributed by atoms with van der Waals surface area (Å²) in [6.45, 7) is 2.86. The maximum Gasteiger partial charge on any atom is 0.311 e. The quantitative estimate of drug-likeness (QED) is 0.752. The second-order valence-electron chi connectivity index (χ2n) is 4.62. The van der Waals surface area contributed by atoms with Crippen LogP contribution in [-0.2, 0) is 20.9 Å². The topological polar surface area (TPSA) is 35.5 Å². The molecule has 0 radical (unpaired) electrons. The predicted molar refractivity (Wildman–Crippen MR) is 69.0 cm³/mol. The number of ether oxygens (including phenoxy) is 2. The Labute approximate surface area is 108 Å². The second-order valence-corrected chi connectivity index (χ2v) is 4.62. The van der Waals surface area contributed by atoms with E-state index in [2.05, 4.69) is 0 Å². The van der Waals surface area contributed by atoms with Gasteiger partial charge >= 0.3 is 5.97 Å². The molecule has 1 aromatic rings. The van der Waals surface area contributed by atoms with Gasteiger partial charge in [-0.15, -0.1) is 0 Å². The third-order valence-electron chi connectivity index (χ3n) is 3.35. The molecule has 1 aromatic carbocycles. The lowest BCUT2D eigenvalue weighted by molar-refractivity contribution is -0.152. The Bertz CT molecular complexity index is 375. The molecule has 0 saturated heterocycles. The number of rotatable bonds is 5. The van der Waals surface area contributed by atoms with Crippen LogP contribution in [0.4, 0.5) is 0 Å². The Balaban J connectivity index is 1.86. The molecule has 3 nitrogen and oxygen atoms in total. The van der Waals surface area contributed by atoms with Crippen molar-refractivity contribution in [2.24, 2.45) is 5.92 Å². The Hall–Kier alpha value is -1.35. The standard InChI is InChI=1S/C15H20O3/c1-2-17-15(16)13-9-6-10-14(13)18-11-12-7-4-3-5-8-12/h3-5,7-8,13-14H,2,6,9-11H2,1H3. The van der Waals surface area contributed by atoms with Crippen LogP contribution in [-0.4, -0.2) is 18.7 Å². The first-order valence-corrected chi connectivity index (χ1v) is 6.63. The van der Waals surface area contributed by atoms with Crippen molar-refractivity contribution in [3.63, 3.8) is 0 Å². The van der Waals surface area contributed by atoms with Gasteiger partial charge in [-0.05, 0) is 31.7 Å². The molecule has 1 aliphatic carbocycles. The summed E-state index contributed by atoms with van der Waals surface area (Å²) in [5, 5.41) is 0. The third-order valence-corrected chi connectivity index (χ3v) is 3.35. The molecule has 0 aliphatic heterocycles. The van der Waals surface area contributed by atoms with E-state index in [-0.39, 0.29) is 18.0 Å². The van der Waals surface area contributed by atoms with E-state index >= 15 is 0 Å². The molecule has 0 spiro atoms. The Morgan fingerprint density at radius 1 is 1.28 bits per heavy atom. The fourth-order valence-electron chi connectivity index (χ4n) is 2.42. The minimum absolute atomic E-state index is 0.0178. The highest BCUT2D eigenvalue weighted by Crippen LogP contribution is 2.30.